The van der Waals surface area contributed by atoms with Crippen LogP contribution < -0.4 is 16.4 Å². The van der Waals surface area contributed by atoms with Crippen molar-refractivity contribution in [3.63, 3.8) is 0 Å². The molecule has 77 heavy (non-hydrogen) atoms. The van der Waals surface area contributed by atoms with Gasteiger partial charge in [0.25, 0.3) is 6.71 Å². The second kappa shape index (κ2) is 15.6. The smallest absolute Gasteiger partial charge is 0.252 e. The van der Waals surface area contributed by atoms with Gasteiger partial charge in [0.05, 0.1) is 11.0 Å². The van der Waals surface area contributed by atoms with E-state index in [0.29, 0.717) is 17.5 Å². The minimum Gasteiger partial charge on any atom is -0.310 e. The monoisotopic (exact) mass is 995 g/mol. The number of aromatic nitrogens is 7. The van der Waals surface area contributed by atoms with Crippen molar-refractivity contribution in [3.8, 4) is 45.5 Å². The third-order valence-electron chi connectivity index (χ3n) is 17.2. The van der Waals surface area contributed by atoms with Crippen molar-refractivity contribution in [2.75, 3.05) is 0 Å². The molecule has 0 spiro atoms. The summed E-state index contributed by atoms with van der Waals surface area (Å²) in [6.07, 6.45) is 0. The predicted molar refractivity (Wildman–Crippen MR) is 323 cm³/mol. The van der Waals surface area contributed by atoms with Crippen molar-refractivity contribution in [1.29, 1.82) is 0 Å². The molecule has 0 saturated heterocycles. The molecule has 8 aromatic carbocycles. The average Bonchev–Trinajstić information content (AvgIpc) is 4.07. The van der Waals surface area contributed by atoms with Gasteiger partial charge in [0.15, 0.2) is 17.5 Å². The maximum atomic E-state index is 5.56. The van der Waals surface area contributed by atoms with Crippen LogP contribution in [0.25, 0.3) is 121 Å². The standard InChI is InChI=1S/C69H58BN7/c1-35-28-37(3)71-39(5)58(35)66-73-65(74-67(75-66)59-36(2)29-38(4)72-40(59)6)41-30-56-62-57(31-41)77-55-27-25-48-46-20-14-13-18-44(46)45-19-15-16-21-47(45)60(48)61(55)49-22-17-23-52(63(49)77)70(62)53-34-43(69(10,11)12)33-51-50-32-42(68(7,8)9)24-26-54(50)76(56)64(51)53/h13-34H,1-12H3. The fourth-order valence-corrected chi connectivity index (χ4v) is 14.0. The van der Waals surface area contributed by atoms with Crippen LogP contribution in [0.1, 0.15) is 86.6 Å². The summed E-state index contributed by atoms with van der Waals surface area (Å²) in [6.45, 7) is 26.5. The normalized spacial score (nSPS) is 13.2. The van der Waals surface area contributed by atoms with E-state index in [2.05, 4.69) is 212 Å². The maximum absolute atomic E-state index is 5.56. The Labute approximate surface area is 448 Å². The highest BCUT2D eigenvalue weighted by molar-refractivity contribution is 7.00. The summed E-state index contributed by atoms with van der Waals surface area (Å²) in [6, 6.07) is 51.1. The number of benzene rings is 8. The Bertz CT molecular complexity index is 4690. The van der Waals surface area contributed by atoms with Gasteiger partial charge in [-0.3, -0.25) is 9.97 Å². The fourth-order valence-electron chi connectivity index (χ4n) is 14.0. The van der Waals surface area contributed by atoms with E-state index >= 15 is 0 Å². The molecule has 2 aliphatic rings. The molecule has 0 aliphatic carbocycles. The van der Waals surface area contributed by atoms with Crippen molar-refractivity contribution in [1.82, 2.24) is 34.1 Å². The van der Waals surface area contributed by atoms with Crippen LogP contribution in [0.2, 0.25) is 0 Å². The summed E-state index contributed by atoms with van der Waals surface area (Å²) < 4.78 is 5.18. The van der Waals surface area contributed by atoms with Gasteiger partial charge < -0.3 is 9.13 Å². The van der Waals surface area contributed by atoms with E-state index in [-0.39, 0.29) is 17.5 Å². The van der Waals surface area contributed by atoms with Gasteiger partial charge in [-0.05, 0) is 166 Å². The maximum Gasteiger partial charge on any atom is 0.252 e. The summed E-state index contributed by atoms with van der Waals surface area (Å²) in [4.78, 5) is 26.4. The molecule has 5 aromatic heterocycles. The lowest BCUT2D eigenvalue weighted by Crippen LogP contribution is -2.59. The molecule has 0 atom stereocenters. The van der Waals surface area contributed by atoms with Crippen LogP contribution in [-0.2, 0) is 10.8 Å². The van der Waals surface area contributed by atoms with Crippen molar-refractivity contribution in [3.05, 3.63) is 178 Å². The van der Waals surface area contributed by atoms with Crippen LogP contribution in [0.4, 0.5) is 0 Å². The summed E-state index contributed by atoms with van der Waals surface area (Å²) in [7, 11) is 0. The number of aryl methyl sites for hydroxylation is 6. The Hall–Kier alpha value is -8.49. The van der Waals surface area contributed by atoms with Crippen molar-refractivity contribution in [2.24, 2.45) is 0 Å². The topological polar surface area (TPSA) is 74.3 Å². The quantitative estimate of drug-likeness (QED) is 0.130. The van der Waals surface area contributed by atoms with Gasteiger partial charge in [0, 0.05) is 88.8 Å². The number of hydrogen-bond donors (Lipinski definition) is 0. The zero-order chi connectivity index (χ0) is 52.9. The number of hydrogen-bond acceptors (Lipinski definition) is 5. The SMILES string of the molecule is Cc1cc(C)c(-c2nc(-c3cc4c5c(c3)-n3c6ccc7c8ccccc8c8ccccc8c7c6c6cccc(c63)B5c3cc(C(C)(C)C)cc5c6cc(C(C)(C)C)ccc6n-4c35)nc(-c3c(C)cc(C)nc3C)n2)c(C)n1. The minimum absolute atomic E-state index is 0.0412. The Balaban J connectivity index is 1.14. The summed E-state index contributed by atoms with van der Waals surface area (Å²) in [5.41, 5.74) is 22.2. The zero-order valence-corrected chi connectivity index (χ0v) is 45.9. The lowest BCUT2D eigenvalue weighted by Gasteiger charge is -2.35. The van der Waals surface area contributed by atoms with Gasteiger partial charge in [0.1, 0.15) is 0 Å². The summed E-state index contributed by atoms with van der Waals surface area (Å²) in [5, 5.41) is 12.7. The summed E-state index contributed by atoms with van der Waals surface area (Å²) in [5.74, 6) is 1.80. The van der Waals surface area contributed by atoms with Gasteiger partial charge in [-0.15, -0.1) is 0 Å². The van der Waals surface area contributed by atoms with Gasteiger partial charge in [-0.25, -0.2) is 15.0 Å². The fraction of sp³-hybridized carbons (Fsp3) is 0.203. The molecular formula is C69H58BN7. The van der Waals surface area contributed by atoms with E-state index in [0.717, 1.165) is 62.0 Å². The van der Waals surface area contributed by atoms with Crippen LogP contribution in [0.5, 0.6) is 0 Å². The molecule has 2 aliphatic heterocycles. The summed E-state index contributed by atoms with van der Waals surface area (Å²) >= 11 is 0. The van der Waals surface area contributed by atoms with E-state index < -0.39 is 0 Å². The molecule has 15 rings (SSSR count). The molecule has 13 aromatic rings. The van der Waals surface area contributed by atoms with Crippen molar-refractivity contribution < 1.29 is 0 Å². The zero-order valence-electron chi connectivity index (χ0n) is 45.9. The molecule has 0 amide bonds. The first kappa shape index (κ1) is 45.9. The number of fused-ring (bicyclic) bond motifs is 17. The molecule has 0 bridgehead atoms. The number of pyridine rings is 2. The van der Waals surface area contributed by atoms with Gasteiger partial charge in [-0.2, -0.15) is 0 Å². The molecule has 372 valence electrons. The van der Waals surface area contributed by atoms with E-state index in [1.807, 2.05) is 13.8 Å². The lowest BCUT2D eigenvalue weighted by molar-refractivity contribution is 0.590. The van der Waals surface area contributed by atoms with Gasteiger partial charge in [0.2, 0.25) is 0 Å². The second-order valence-corrected chi connectivity index (χ2v) is 24.3. The largest absolute Gasteiger partial charge is 0.310 e. The third-order valence-corrected chi connectivity index (χ3v) is 17.2. The molecule has 8 heteroatoms. The van der Waals surface area contributed by atoms with Crippen molar-refractivity contribution >= 4 is 99.0 Å². The van der Waals surface area contributed by atoms with Crippen LogP contribution in [0, 0.1) is 41.5 Å². The minimum atomic E-state index is -0.104. The van der Waals surface area contributed by atoms with Crippen LogP contribution in [-0.4, -0.2) is 40.8 Å². The van der Waals surface area contributed by atoms with Crippen LogP contribution >= 0.6 is 0 Å². The van der Waals surface area contributed by atoms with E-state index in [4.69, 9.17) is 24.9 Å². The first-order chi connectivity index (χ1) is 36.9. The van der Waals surface area contributed by atoms with Gasteiger partial charge in [-0.1, -0.05) is 126 Å². The molecule has 7 heterocycles. The van der Waals surface area contributed by atoms with E-state index in [9.17, 15) is 0 Å². The lowest BCUT2D eigenvalue weighted by atomic mass is 9.34. The van der Waals surface area contributed by atoms with E-state index in [1.165, 1.54) is 103 Å². The number of rotatable bonds is 3. The molecule has 0 unspecified atom stereocenters. The molecule has 7 nitrogen and oxygen atoms in total. The highest BCUT2D eigenvalue weighted by Gasteiger charge is 2.42. The van der Waals surface area contributed by atoms with E-state index in [1.54, 1.807) is 0 Å². The molecule has 0 saturated carbocycles. The number of para-hydroxylation sites is 1. The van der Waals surface area contributed by atoms with Crippen LogP contribution in [0.15, 0.2) is 133 Å². The number of nitrogens with zero attached hydrogens (tertiary/aromatic N) is 7. The molecule has 0 N–H and O–H groups in total. The highest BCUT2D eigenvalue weighted by atomic mass is 15.1. The van der Waals surface area contributed by atoms with Crippen molar-refractivity contribution in [2.45, 2.75) is 93.9 Å². The Morgan fingerprint density at radius 3 is 1.49 bits per heavy atom. The third kappa shape index (κ3) is 6.36. The average molecular weight is 996 g/mol. The Morgan fingerprint density at radius 1 is 0.390 bits per heavy atom. The predicted octanol–water partition coefficient (Wildman–Crippen LogP) is 14.9. The Morgan fingerprint density at radius 2 is 0.896 bits per heavy atom. The molecular weight excluding hydrogens is 938 g/mol. The molecule has 0 fully saturated rings. The second-order valence-electron chi connectivity index (χ2n) is 24.3. The highest BCUT2D eigenvalue weighted by Crippen LogP contribution is 2.47. The van der Waals surface area contributed by atoms with Crippen LogP contribution in [0.3, 0.4) is 0 Å². The first-order valence-corrected chi connectivity index (χ1v) is 27.2. The molecule has 0 radical (unpaired) electrons. The first-order valence-electron chi connectivity index (χ1n) is 27.2. The Kier molecular flexibility index (Phi) is 9.27. The van der Waals surface area contributed by atoms with Gasteiger partial charge >= 0.3 is 0 Å².